The Bertz CT molecular complexity index is 500. The summed E-state index contributed by atoms with van der Waals surface area (Å²) in [5, 5.41) is 12.3. The summed E-state index contributed by atoms with van der Waals surface area (Å²) in [6, 6.07) is 5.49. The molecule has 5 nitrogen and oxygen atoms in total. The molecule has 0 aliphatic carbocycles. The second kappa shape index (κ2) is 7.64. The smallest absolute Gasteiger partial charge is 0.170 e. The largest absolute Gasteiger partial charge is 0.409 e. The maximum absolute atomic E-state index is 8.68. The zero-order chi connectivity index (χ0) is 15.2. The van der Waals surface area contributed by atoms with Crippen molar-refractivity contribution in [3.63, 3.8) is 0 Å². The Morgan fingerprint density at radius 1 is 1.48 bits per heavy atom. The first-order valence-corrected chi connectivity index (χ1v) is 7.62. The molecule has 3 N–H and O–H groups in total. The molecule has 0 atom stereocenters. The maximum atomic E-state index is 8.68. The Labute approximate surface area is 130 Å². The van der Waals surface area contributed by atoms with Crippen LogP contribution in [0.2, 0.25) is 5.02 Å². The van der Waals surface area contributed by atoms with Gasteiger partial charge in [0.15, 0.2) is 5.84 Å². The van der Waals surface area contributed by atoms with Gasteiger partial charge >= 0.3 is 0 Å². The van der Waals surface area contributed by atoms with E-state index in [2.05, 4.69) is 10.1 Å². The average molecular weight is 312 g/mol. The number of likely N-dealkylation sites (tertiary alicyclic amines) is 1. The first-order valence-electron chi connectivity index (χ1n) is 7.24. The van der Waals surface area contributed by atoms with Gasteiger partial charge in [0.1, 0.15) is 0 Å². The summed E-state index contributed by atoms with van der Waals surface area (Å²) in [6.45, 7) is 5.67. The molecule has 1 heterocycles. The number of oxime groups is 1. The third-order valence-electron chi connectivity index (χ3n) is 3.79. The summed E-state index contributed by atoms with van der Waals surface area (Å²) in [4.78, 5) is 2.37. The Kier molecular flexibility index (Phi) is 5.85. The van der Waals surface area contributed by atoms with Crippen LogP contribution < -0.4 is 5.73 Å². The first-order chi connectivity index (χ1) is 10.1. The molecular weight excluding hydrogens is 290 g/mol. The molecule has 1 fully saturated rings. The normalized spacial score (nSPS) is 18.1. The van der Waals surface area contributed by atoms with Crippen LogP contribution in [0, 0.1) is 0 Å². The van der Waals surface area contributed by atoms with E-state index >= 15 is 0 Å². The summed E-state index contributed by atoms with van der Waals surface area (Å²) in [7, 11) is 0. The number of piperidine rings is 1. The molecule has 6 heteroatoms. The van der Waals surface area contributed by atoms with Crippen molar-refractivity contribution in [1.29, 1.82) is 0 Å². The zero-order valence-electron chi connectivity index (χ0n) is 12.3. The molecule has 21 heavy (non-hydrogen) atoms. The van der Waals surface area contributed by atoms with Crippen molar-refractivity contribution in [2.75, 3.05) is 19.7 Å². The van der Waals surface area contributed by atoms with E-state index in [1.165, 1.54) is 0 Å². The number of rotatable bonds is 5. The minimum Gasteiger partial charge on any atom is -0.409 e. The summed E-state index contributed by atoms with van der Waals surface area (Å²) < 4.78 is 5.66. The number of nitrogens with zero attached hydrogens (tertiary/aromatic N) is 2. The molecule has 1 aliphatic rings. The predicted molar refractivity (Wildman–Crippen MR) is 83.9 cm³/mol. The van der Waals surface area contributed by atoms with Crippen molar-refractivity contribution in [1.82, 2.24) is 4.90 Å². The molecule has 0 spiro atoms. The minimum atomic E-state index is 0.0704. The molecule has 0 bridgehead atoms. The van der Waals surface area contributed by atoms with Crippen LogP contribution in [-0.4, -0.2) is 41.7 Å². The Balaban J connectivity index is 1.95. The number of amidine groups is 1. The van der Waals surface area contributed by atoms with Gasteiger partial charge in [-0.05, 0) is 31.4 Å². The van der Waals surface area contributed by atoms with Crippen molar-refractivity contribution < 1.29 is 9.94 Å². The minimum absolute atomic E-state index is 0.0704. The van der Waals surface area contributed by atoms with E-state index in [1.54, 1.807) is 6.07 Å². The van der Waals surface area contributed by atoms with Gasteiger partial charge < -0.3 is 15.7 Å². The highest BCUT2D eigenvalue weighted by Crippen LogP contribution is 2.22. The van der Waals surface area contributed by atoms with Gasteiger partial charge in [0, 0.05) is 36.8 Å². The quantitative estimate of drug-likeness (QED) is 0.379. The SMILES string of the molecule is CCOC1CCN(Cc2ccc(/C(N)=N/O)cc2Cl)CC1. The molecular formula is C15H22ClN3O2. The maximum Gasteiger partial charge on any atom is 0.170 e. The number of ether oxygens (including phenoxy) is 1. The molecule has 1 saturated heterocycles. The van der Waals surface area contributed by atoms with Gasteiger partial charge in [-0.3, -0.25) is 4.90 Å². The van der Waals surface area contributed by atoms with Crippen LogP contribution in [0.25, 0.3) is 0 Å². The van der Waals surface area contributed by atoms with Gasteiger partial charge in [-0.25, -0.2) is 0 Å². The van der Waals surface area contributed by atoms with Gasteiger partial charge in [-0.15, -0.1) is 0 Å². The Morgan fingerprint density at radius 2 is 2.19 bits per heavy atom. The Morgan fingerprint density at radius 3 is 2.76 bits per heavy atom. The van der Waals surface area contributed by atoms with Crippen molar-refractivity contribution in [2.45, 2.75) is 32.4 Å². The monoisotopic (exact) mass is 311 g/mol. The van der Waals surface area contributed by atoms with E-state index in [0.29, 0.717) is 16.7 Å². The number of halogens is 1. The second-order valence-electron chi connectivity index (χ2n) is 5.22. The predicted octanol–water partition coefficient (Wildman–Crippen LogP) is 2.44. The highest BCUT2D eigenvalue weighted by molar-refractivity contribution is 6.31. The van der Waals surface area contributed by atoms with Crippen LogP contribution in [0.3, 0.4) is 0 Å². The van der Waals surface area contributed by atoms with Crippen molar-refractivity contribution in [2.24, 2.45) is 10.9 Å². The first kappa shape index (κ1) is 16.1. The second-order valence-corrected chi connectivity index (χ2v) is 5.63. The lowest BCUT2D eigenvalue weighted by Crippen LogP contribution is -2.36. The third-order valence-corrected chi connectivity index (χ3v) is 4.14. The van der Waals surface area contributed by atoms with E-state index in [-0.39, 0.29) is 5.84 Å². The molecule has 1 aromatic rings. The molecule has 2 rings (SSSR count). The van der Waals surface area contributed by atoms with E-state index in [0.717, 1.165) is 44.6 Å². The zero-order valence-corrected chi connectivity index (χ0v) is 13.0. The number of nitrogens with two attached hydrogens (primary N) is 1. The van der Waals surface area contributed by atoms with Crippen LogP contribution in [0.15, 0.2) is 23.4 Å². The van der Waals surface area contributed by atoms with Gasteiger partial charge in [0.05, 0.1) is 6.10 Å². The van der Waals surface area contributed by atoms with E-state index in [9.17, 15) is 0 Å². The van der Waals surface area contributed by atoms with Crippen LogP contribution in [0.1, 0.15) is 30.9 Å². The van der Waals surface area contributed by atoms with Crippen molar-refractivity contribution in [3.8, 4) is 0 Å². The van der Waals surface area contributed by atoms with Crippen LogP contribution in [-0.2, 0) is 11.3 Å². The number of benzene rings is 1. The van der Waals surface area contributed by atoms with E-state index in [1.807, 2.05) is 19.1 Å². The molecule has 116 valence electrons. The molecule has 1 aromatic carbocycles. The summed E-state index contributed by atoms with van der Waals surface area (Å²) in [6.07, 6.45) is 2.52. The number of hydrogen-bond donors (Lipinski definition) is 2. The molecule has 0 saturated carbocycles. The fraction of sp³-hybridized carbons (Fsp3) is 0.533. The molecule has 0 aromatic heterocycles. The molecule has 0 amide bonds. The van der Waals surface area contributed by atoms with Crippen LogP contribution in [0.4, 0.5) is 0 Å². The van der Waals surface area contributed by atoms with Crippen LogP contribution in [0.5, 0.6) is 0 Å². The number of hydrogen-bond acceptors (Lipinski definition) is 4. The summed E-state index contributed by atoms with van der Waals surface area (Å²) in [5.74, 6) is 0.0704. The van der Waals surface area contributed by atoms with Gasteiger partial charge in [-0.1, -0.05) is 28.9 Å². The molecule has 0 radical (unpaired) electrons. The highest BCUT2D eigenvalue weighted by atomic mass is 35.5. The van der Waals surface area contributed by atoms with Crippen molar-refractivity contribution >= 4 is 17.4 Å². The summed E-state index contributed by atoms with van der Waals surface area (Å²) >= 11 is 6.28. The topological polar surface area (TPSA) is 71.1 Å². The molecule has 1 aliphatic heterocycles. The Hall–Kier alpha value is -1.30. The standard InChI is InChI=1S/C15H22ClN3O2/c1-2-21-13-5-7-19(8-6-13)10-12-4-3-11(9-14(12)16)15(17)18-20/h3-4,9,13,20H,2,5-8,10H2,1H3,(H2,17,18). The van der Waals surface area contributed by atoms with E-state index < -0.39 is 0 Å². The lowest BCUT2D eigenvalue weighted by Gasteiger charge is -2.31. The lowest BCUT2D eigenvalue weighted by atomic mass is 10.1. The fourth-order valence-electron chi connectivity index (χ4n) is 2.60. The van der Waals surface area contributed by atoms with E-state index in [4.69, 9.17) is 27.3 Å². The lowest BCUT2D eigenvalue weighted by molar-refractivity contribution is 0.0125. The molecule has 0 unspecified atom stereocenters. The fourth-order valence-corrected chi connectivity index (χ4v) is 2.84. The van der Waals surface area contributed by atoms with Crippen molar-refractivity contribution in [3.05, 3.63) is 34.3 Å². The van der Waals surface area contributed by atoms with Gasteiger partial charge in [0.25, 0.3) is 0 Å². The van der Waals surface area contributed by atoms with Gasteiger partial charge in [0.2, 0.25) is 0 Å². The average Bonchev–Trinajstić information content (AvgIpc) is 2.50. The highest BCUT2D eigenvalue weighted by Gasteiger charge is 2.20. The third kappa shape index (κ3) is 4.33. The van der Waals surface area contributed by atoms with Gasteiger partial charge in [-0.2, -0.15) is 0 Å². The van der Waals surface area contributed by atoms with Crippen LogP contribution >= 0.6 is 11.6 Å². The summed E-state index contributed by atoms with van der Waals surface area (Å²) in [5.41, 5.74) is 7.24.